The highest BCUT2D eigenvalue weighted by atomic mass is 19.1. The molecule has 13 nitrogen and oxygen atoms in total. The van der Waals surface area contributed by atoms with E-state index >= 15 is 0 Å². The quantitative estimate of drug-likeness (QED) is 0.190. The van der Waals surface area contributed by atoms with E-state index in [1.165, 1.54) is 12.1 Å². The first-order valence-corrected chi connectivity index (χ1v) is 13.9. The number of unbranched alkanes of at least 4 members (excludes halogenated alkanes) is 2. The van der Waals surface area contributed by atoms with E-state index in [0.29, 0.717) is 55.7 Å². The highest BCUT2D eigenvalue weighted by Gasteiger charge is 2.31. The fourth-order valence-corrected chi connectivity index (χ4v) is 4.97. The molecule has 0 aliphatic carbocycles. The second-order valence-electron chi connectivity index (χ2n) is 10.5. The summed E-state index contributed by atoms with van der Waals surface area (Å²) in [5.41, 5.74) is 0.325. The topological polar surface area (TPSA) is 171 Å². The molecule has 0 fully saturated rings. The van der Waals surface area contributed by atoms with Gasteiger partial charge in [0.2, 0.25) is 11.3 Å². The van der Waals surface area contributed by atoms with E-state index in [9.17, 15) is 28.3 Å². The predicted molar refractivity (Wildman–Crippen MR) is 152 cm³/mol. The lowest BCUT2D eigenvalue weighted by atomic mass is 10.1. The molecular weight excluding hydrogens is 564 g/mol. The fraction of sp³-hybridized carbons (Fsp3) is 0.393. The Labute approximate surface area is 244 Å². The molecular formula is C28H31F2N9O4. The first kappa shape index (κ1) is 29.5. The van der Waals surface area contributed by atoms with Gasteiger partial charge in [-0.15, -0.1) is 0 Å². The molecule has 5 rings (SSSR count). The molecule has 0 unspecified atom stereocenters. The van der Waals surface area contributed by atoms with Crippen LogP contribution in [0.2, 0.25) is 0 Å². The van der Waals surface area contributed by atoms with Gasteiger partial charge in [-0.2, -0.15) is 5.10 Å². The van der Waals surface area contributed by atoms with Crippen LogP contribution >= 0.6 is 0 Å². The number of anilines is 1. The number of pyridine rings is 2. The van der Waals surface area contributed by atoms with E-state index in [2.05, 4.69) is 35.8 Å². The summed E-state index contributed by atoms with van der Waals surface area (Å²) in [7, 11) is 0. The molecule has 0 bridgehead atoms. The zero-order chi connectivity index (χ0) is 30.7. The number of nitrogens with one attached hydrogen (secondary N) is 3. The van der Waals surface area contributed by atoms with Gasteiger partial charge in [-0.1, -0.05) is 6.42 Å². The van der Waals surface area contributed by atoms with Crippen molar-refractivity contribution in [3.05, 3.63) is 57.8 Å². The van der Waals surface area contributed by atoms with Crippen LogP contribution in [0.4, 0.5) is 14.6 Å². The summed E-state index contributed by atoms with van der Waals surface area (Å²) in [5.74, 6) is -2.30. The molecule has 2 amide bonds. The number of carbonyl (C=O) groups is 2. The number of halogens is 2. The summed E-state index contributed by atoms with van der Waals surface area (Å²) in [6.45, 7) is 4.98. The number of carbonyl (C=O) groups excluding carboxylic acids is 2. The smallest absolute Gasteiger partial charge is 0.274 e. The van der Waals surface area contributed by atoms with Crippen molar-refractivity contribution in [2.24, 2.45) is 0 Å². The van der Waals surface area contributed by atoms with Crippen LogP contribution in [0.3, 0.4) is 0 Å². The molecule has 0 atom stereocenters. The second-order valence-corrected chi connectivity index (χ2v) is 10.5. The number of fused-ring (bicyclic) bond motifs is 2. The number of aromatic hydroxyl groups is 1. The molecule has 15 heteroatoms. The lowest BCUT2D eigenvalue weighted by Crippen LogP contribution is -2.46. The van der Waals surface area contributed by atoms with E-state index < -0.39 is 28.7 Å². The maximum atomic E-state index is 14.3. The average molecular weight is 596 g/mol. The number of rotatable bonds is 11. The second kappa shape index (κ2) is 12.5. The minimum absolute atomic E-state index is 0.0164. The summed E-state index contributed by atoms with van der Waals surface area (Å²) < 4.78 is 29.6. The van der Waals surface area contributed by atoms with Crippen molar-refractivity contribution < 1.29 is 23.5 Å². The van der Waals surface area contributed by atoms with Gasteiger partial charge in [0.25, 0.3) is 5.91 Å². The molecule has 0 saturated carbocycles. The van der Waals surface area contributed by atoms with E-state index in [0.717, 1.165) is 12.4 Å². The van der Waals surface area contributed by atoms with Crippen molar-refractivity contribution in [3.63, 3.8) is 0 Å². The van der Waals surface area contributed by atoms with Crippen LogP contribution in [0.5, 0.6) is 5.75 Å². The maximum absolute atomic E-state index is 14.3. The molecule has 0 saturated heterocycles. The minimum Gasteiger partial charge on any atom is -0.503 e. The van der Waals surface area contributed by atoms with Crippen molar-refractivity contribution in [1.82, 2.24) is 39.9 Å². The van der Waals surface area contributed by atoms with Crippen LogP contribution in [-0.4, -0.2) is 70.7 Å². The van der Waals surface area contributed by atoms with Crippen molar-refractivity contribution in [2.75, 3.05) is 18.4 Å². The summed E-state index contributed by atoms with van der Waals surface area (Å²) in [6.07, 6.45) is 4.16. The average Bonchev–Trinajstić information content (AvgIpc) is 3.39. The number of amides is 2. The van der Waals surface area contributed by atoms with Crippen LogP contribution in [0.25, 0.3) is 22.6 Å². The van der Waals surface area contributed by atoms with Gasteiger partial charge in [0, 0.05) is 43.9 Å². The molecule has 4 aromatic rings. The lowest BCUT2D eigenvalue weighted by Gasteiger charge is -2.34. The van der Waals surface area contributed by atoms with Gasteiger partial charge >= 0.3 is 0 Å². The zero-order valence-corrected chi connectivity index (χ0v) is 23.7. The Morgan fingerprint density at radius 3 is 2.72 bits per heavy atom. The SMILES string of the molecule is CC(C)N1CCn2c(CNC(=O)CCCCCNc3nc(-c4[nH]nc5ncc(F)cc45)ncc3F)cc(=O)c(O)c2C1=O. The standard InChI is InChI=1S/C28H31F2N9O4/c1-15(2)38-8-9-39-17(11-20(40)24(42)23(39)28(38)43)13-32-21(41)6-4-3-5-7-31-26-19(30)14-34-27(35-26)22-18-10-16(29)12-33-25(18)37-36-22/h10-12,14-15,42H,3-9,13H2,1-2H3,(H,32,41)(H,31,34,35)(H,33,36,37). The predicted octanol–water partition coefficient (Wildman–Crippen LogP) is 2.71. The van der Waals surface area contributed by atoms with Crippen LogP contribution in [-0.2, 0) is 17.9 Å². The third kappa shape index (κ3) is 6.29. The Morgan fingerprint density at radius 1 is 1.12 bits per heavy atom. The number of hydrogen-bond donors (Lipinski definition) is 4. The first-order chi connectivity index (χ1) is 20.6. The van der Waals surface area contributed by atoms with Crippen molar-refractivity contribution >= 4 is 28.7 Å². The maximum Gasteiger partial charge on any atom is 0.274 e. The highest BCUT2D eigenvalue weighted by molar-refractivity contribution is 5.96. The zero-order valence-electron chi connectivity index (χ0n) is 23.7. The summed E-state index contributed by atoms with van der Waals surface area (Å²) >= 11 is 0. The Bertz CT molecular complexity index is 1740. The summed E-state index contributed by atoms with van der Waals surface area (Å²) in [6, 6.07) is 2.40. The molecule has 4 aromatic heterocycles. The summed E-state index contributed by atoms with van der Waals surface area (Å²) in [5, 5.41) is 23.1. The van der Waals surface area contributed by atoms with Gasteiger partial charge in [-0.3, -0.25) is 19.5 Å². The van der Waals surface area contributed by atoms with Crippen molar-refractivity contribution in [1.29, 1.82) is 0 Å². The van der Waals surface area contributed by atoms with Crippen LogP contribution in [0, 0.1) is 11.6 Å². The molecule has 0 radical (unpaired) electrons. The van der Waals surface area contributed by atoms with E-state index in [4.69, 9.17) is 0 Å². The molecule has 1 aliphatic heterocycles. The third-order valence-corrected chi connectivity index (χ3v) is 7.21. The normalized spacial score (nSPS) is 13.0. The molecule has 0 spiro atoms. The Balaban J connectivity index is 1.09. The number of aromatic nitrogens is 6. The van der Waals surface area contributed by atoms with Crippen molar-refractivity contribution in [2.45, 2.75) is 58.7 Å². The highest BCUT2D eigenvalue weighted by Crippen LogP contribution is 2.25. The Hall–Kier alpha value is -4.95. The van der Waals surface area contributed by atoms with Crippen LogP contribution in [0.1, 0.15) is 55.7 Å². The van der Waals surface area contributed by atoms with E-state index in [1.807, 2.05) is 13.8 Å². The van der Waals surface area contributed by atoms with Crippen LogP contribution < -0.4 is 16.1 Å². The van der Waals surface area contributed by atoms with Gasteiger partial charge < -0.3 is 25.2 Å². The Kier molecular flexibility index (Phi) is 8.59. The molecule has 5 heterocycles. The van der Waals surface area contributed by atoms with Gasteiger partial charge in [-0.05, 0) is 32.8 Å². The number of nitrogens with zero attached hydrogens (tertiary/aromatic N) is 6. The number of hydrogen-bond acceptors (Lipinski definition) is 9. The molecule has 43 heavy (non-hydrogen) atoms. The Morgan fingerprint density at radius 2 is 1.93 bits per heavy atom. The minimum atomic E-state index is -0.668. The summed E-state index contributed by atoms with van der Waals surface area (Å²) in [4.78, 5) is 51.3. The number of H-pyrrole nitrogens is 1. The third-order valence-electron chi connectivity index (χ3n) is 7.21. The van der Waals surface area contributed by atoms with Gasteiger partial charge in [0.05, 0.1) is 24.3 Å². The molecule has 0 aromatic carbocycles. The first-order valence-electron chi connectivity index (χ1n) is 13.9. The molecule has 1 aliphatic rings. The fourth-order valence-electron chi connectivity index (χ4n) is 4.97. The largest absolute Gasteiger partial charge is 0.503 e. The van der Waals surface area contributed by atoms with Crippen LogP contribution in [0.15, 0.2) is 29.3 Å². The monoisotopic (exact) mass is 595 g/mol. The molecule has 226 valence electrons. The van der Waals surface area contributed by atoms with Crippen molar-refractivity contribution in [3.8, 4) is 17.3 Å². The van der Waals surface area contributed by atoms with Gasteiger partial charge in [-0.25, -0.2) is 23.7 Å². The van der Waals surface area contributed by atoms with E-state index in [1.54, 1.807) is 9.47 Å². The lowest BCUT2D eigenvalue weighted by molar-refractivity contribution is -0.121. The van der Waals surface area contributed by atoms with Gasteiger partial charge in [0.15, 0.2) is 34.6 Å². The molecule has 4 N–H and O–H groups in total. The number of aromatic amines is 1. The van der Waals surface area contributed by atoms with E-state index in [-0.39, 0.29) is 47.9 Å². The van der Waals surface area contributed by atoms with Gasteiger partial charge in [0.1, 0.15) is 11.5 Å².